The lowest BCUT2D eigenvalue weighted by atomic mass is 9.95. The normalized spacial score (nSPS) is 22.8. The lowest BCUT2D eigenvalue weighted by Crippen LogP contribution is -2.49. The number of hydrogen-bond acceptors (Lipinski definition) is 3. The number of urea groups is 1. The van der Waals surface area contributed by atoms with E-state index in [-0.39, 0.29) is 24.4 Å². The molecule has 0 radical (unpaired) electrons. The highest BCUT2D eigenvalue weighted by Crippen LogP contribution is 2.25. The van der Waals surface area contributed by atoms with E-state index in [2.05, 4.69) is 10.6 Å². The summed E-state index contributed by atoms with van der Waals surface area (Å²) in [7, 11) is 3.48. The van der Waals surface area contributed by atoms with Crippen molar-refractivity contribution in [3.8, 4) is 0 Å². The van der Waals surface area contributed by atoms with E-state index in [0.29, 0.717) is 5.92 Å². The second-order valence-electron chi connectivity index (χ2n) is 6.96. The minimum atomic E-state index is -0.0573. The molecule has 2 N–H and O–H groups in total. The molecule has 2 unspecified atom stereocenters. The summed E-state index contributed by atoms with van der Waals surface area (Å²) in [6.45, 7) is 2.67. The molecule has 2 bridgehead atoms. The Morgan fingerprint density at radius 2 is 2.04 bits per heavy atom. The fourth-order valence-corrected chi connectivity index (χ4v) is 3.49. The lowest BCUT2D eigenvalue weighted by Gasteiger charge is -2.36. The second-order valence-corrected chi connectivity index (χ2v) is 6.96. The number of rotatable bonds is 3. The quantitative estimate of drug-likeness (QED) is 0.883. The van der Waals surface area contributed by atoms with Gasteiger partial charge in [-0.15, -0.1) is 0 Å². The van der Waals surface area contributed by atoms with Crippen molar-refractivity contribution >= 4 is 17.6 Å². The number of likely N-dealkylation sites (N-methyl/N-ethyl adjacent to an activating group) is 1. The van der Waals surface area contributed by atoms with Crippen LogP contribution in [0.4, 0.5) is 10.5 Å². The van der Waals surface area contributed by atoms with Crippen molar-refractivity contribution < 1.29 is 9.59 Å². The van der Waals surface area contributed by atoms with Gasteiger partial charge in [-0.1, -0.05) is 18.2 Å². The summed E-state index contributed by atoms with van der Waals surface area (Å²) >= 11 is 0. The van der Waals surface area contributed by atoms with E-state index in [4.69, 9.17) is 0 Å². The first kappa shape index (κ1) is 16.8. The van der Waals surface area contributed by atoms with Crippen LogP contribution in [-0.4, -0.2) is 61.5 Å². The van der Waals surface area contributed by atoms with Gasteiger partial charge in [0.25, 0.3) is 0 Å². The second kappa shape index (κ2) is 7.21. The highest BCUT2D eigenvalue weighted by atomic mass is 16.2. The van der Waals surface area contributed by atoms with Crippen molar-refractivity contribution in [2.75, 3.05) is 39.0 Å². The number of carbonyl (C=O) groups excluding carboxylic acids is 2. The first-order valence-corrected chi connectivity index (χ1v) is 8.61. The van der Waals surface area contributed by atoms with E-state index in [1.54, 1.807) is 19.0 Å². The van der Waals surface area contributed by atoms with Gasteiger partial charge in [-0.2, -0.15) is 0 Å². The monoisotopic (exact) mass is 330 g/mol. The highest BCUT2D eigenvalue weighted by Gasteiger charge is 2.34. The van der Waals surface area contributed by atoms with E-state index in [0.717, 1.165) is 37.3 Å². The Labute approximate surface area is 143 Å². The molecule has 2 atom stereocenters. The molecule has 4 rings (SSSR count). The third kappa shape index (κ3) is 3.70. The molecule has 3 aliphatic heterocycles. The first-order chi connectivity index (χ1) is 11.5. The predicted octanol–water partition coefficient (Wildman–Crippen LogP) is 1.53. The molecule has 24 heavy (non-hydrogen) atoms. The topological polar surface area (TPSA) is 64.7 Å². The number of carbonyl (C=O) groups is 2. The number of fused-ring (bicyclic) bond motifs is 4. The first-order valence-electron chi connectivity index (χ1n) is 8.61. The third-order valence-corrected chi connectivity index (χ3v) is 4.98. The molecular weight excluding hydrogens is 304 g/mol. The maximum atomic E-state index is 12.8. The van der Waals surface area contributed by atoms with Crippen LogP contribution in [0.15, 0.2) is 24.3 Å². The Balaban J connectivity index is 1.71. The molecule has 3 saturated heterocycles. The molecule has 0 aromatic heterocycles. The Morgan fingerprint density at radius 1 is 1.25 bits per heavy atom. The maximum Gasteiger partial charge on any atom is 0.322 e. The molecule has 3 aliphatic rings. The average Bonchev–Trinajstić information content (AvgIpc) is 2.92. The standard InChI is InChI=1S/C18H26N4O2/c1-21(2)17(23)9-14-5-3-4-6-16(14)20-18(24)22-12-13-7-8-15(22)11-19-10-13/h3-6,13,15,19H,7-12H2,1-2H3,(H,20,24). The van der Waals surface area contributed by atoms with Crippen LogP contribution in [0.5, 0.6) is 0 Å². The van der Waals surface area contributed by atoms with Gasteiger partial charge in [-0.3, -0.25) is 4.79 Å². The zero-order valence-corrected chi connectivity index (χ0v) is 14.4. The zero-order valence-electron chi connectivity index (χ0n) is 14.4. The minimum Gasteiger partial charge on any atom is -0.349 e. The Morgan fingerprint density at radius 3 is 2.83 bits per heavy atom. The molecule has 1 aromatic carbocycles. The SMILES string of the molecule is CN(C)C(=O)Cc1ccccc1NC(=O)N1CC2CCC1CNC2. The number of nitrogens with one attached hydrogen (secondary N) is 2. The van der Waals surface area contributed by atoms with Crippen LogP contribution >= 0.6 is 0 Å². The number of para-hydroxylation sites is 1. The number of amides is 3. The van der Waals surface area contributed by atoms with E-state index in [9.17, 15) is 9.59 Å². The van der Waals surface area contributed by atoms with Crippen molar-refractivity contribution in [2.45, 2.75) is 25.3 Å². The van der Waals surface area contributed by atoms with Crippen molar-refractivity contribution in [3.05, 3.63) is 29.8 Å². The molecule has 3 fully saturated rings. The van der Waals surface area contributed by atoms with E-state index >= 15 is 0 Å². The van der Waals surface area contributed by atoms with Crippen molar-refractivity contribution in [1.82, 2.24) is 15.1 Å². The van der Waals surface area contributed by atoms with Gasteiger partial charge in [-0.05, 0) is 36.9 Å². The van der Waals surface area contributed by atoms with Gasteiger partial charge in [0.15, 0.2) is 0 Å². The smallest absolute Gasteiger partial charge is 0.322 e. The highest BCUT2D eigenvalue weighted by molar-refractivity contribution is 5.91. The van der Waals surface area contributed by atoms with Gasteiger partial charge in [0.1, 0.15) is 0 Å². The van der Waals surface area contributed by atoms with Gasteiger partial charge >= 0.3 is 6.03 Å². The Kier molecular flexibility index (Phi) is 5.04. The number of benzene rings is 1. The molecule has 0 aliphatic carbocycles. The van der Waals surface area contributed by atoms with Crippen LogP contribution in [-0.2, 0) is 11.2 Å². The number of hydrogen-bond donors (Lipinski definition) is 2. The molecule has 3 amide bonds. The summed E-state index contributed by atoms with van der Waals surface area (Å²) in [6.07, 6.45) is 2.54. The maximum absolute atomic E-state index is 12.8. The molecule has 1 aromatic rings. The van der Waals surface area contributed by atoms with Gasteiger partial charge in [-0.25, -0.2) is 4.79 Å². The van der Waals surface area contributed by atoms with Crippen LogP contribution in [0.25, 0.3) is 0 Å². The number of piperidine rings is 1. The fourth-order valence-electron chi connectivity index (χ4n) is 3.49. The summed E-state index contributed by atoms with van der Waals surface area (Å²) < 4.78 is 0. The largest absolute Gasteiger partial charge is 0.349 e. The van der Waals surface area contributed by atoms with Gasteiger partial charge in [0, 0.05) is 38.9 Å². The van der Waals surface area contributed by atoms with Crippen LogP contribution in [0.1, 0.15) is 18.4 Å². The molecule has 6 nitrogen and oxygen atoms in total. The summed E-state index contributed by atoms with van der Waals surface area (Å²) in [6, 6.07) is 7.75. The summed E-state index contributed by atoms with van der Waals surface area (Å²) in [5, 5.41) is 6.46. The summed E-state index contributed by atoms with van der Waals surface area (Å²) in [5.74, 6) is 0.565. The predicted molar refractivity (Wildman–Crippen MR) is 93.9 cm³/mol. The van der Waals surface area contributed by atoms with E-state index in [1.165, 1.54) is 6.42 Å². The number of nitrogens with zero attached hydrogens (tertiary/aromatic N) is 2. The molecule has 0 spiro atoms. The van der Waals surface area contributed by atoms with Gasteiger partial charge < -0.3 is 20.4 Å². The molecule has 6 heteroatoms. The average molecular weight is 330 g/mol. The van der Waals surface area contributed by atoms with Crippen LogP contribution in [0.2, 0.25) is 0 Å². The van der Waals surface area contributed by atoms with E-state index < -0.39 is 0 Å². The van der Waals surface area contributed by atoms with Crippen LogP contribution in [0.3, 0.4) is 0 Å². The molecule has 130 valence electrons. The Bertz CT molecular complexity index is 613. The minimum absolute atomic E-state index is 0.0229. The van der Waals surface area contributed by atoms with Gasteiger partial charge in [0.2, 0.25) is 5.91 Å². The summed E-state index contributed by atoms with van der Waals surface area (Å²) in [5.41, 5.74) is 1.58. The zero-order chi connectivity index (χ0) is 17.1. The molecule has 0 saturated carbocycles. The molecule has 3 heterocycles. The van der Waals surface area contributed by atoms with Crippen LogP contribution in [0, 0.1) is 5.92 Å². The lowest BCUT2D eigenvalue weighted by molar-refractivity contribution is -0.127. The Hall–Kier alpha value is -2.08. The van der Waals surface area contributed by atoms with Crippen molar-refractivity contribution in [1.29, 1.82) is 0 Å². The van der Waals surface area contributed by atoms with E-state index in [1.807, 2.05) is 29.2 Å². The van der Waals surface area contributed by atoms with Crippen molar-refractivity contribution in [2.24, 2.45) is 5.92 Å². The summed E-state index contributed by atoms with van der Waals surface area (Å²) in [4.78, 5) is 28.3. The fraction of sp³-hybridized carbons (Fsp3) is 0.556. The van der Waals surface area contributed by atoms with Crippen LogP contribution < -0.4 is 10.6 Å². The third-order valence-electron chi connectivity index (χ3n) is 4.98. The molecular formula is C18H26N4O2. The van der Waals surface area contributed by atoms with Crippen molar-refractivity contribution in [3.63, 3.8) is 0 Å². The van der Waals surface area contributed by atoms with Gasteiger partial charge in [0.05, 0.1) is 6.42 Å². The number of anilines is 1.